The van der Waals surface area contributed by atoms with Gasteiger partial charge in [-0.1, -0.05) is 20.8 Å². The highest BCUT2D eigenvalue weighted by molar-refractivity contribution is 7.99. The van der Waals surface area contributed by atoms with Crippen LogP contribution < -0.4 is 5.32 Å². The maximum absolute atomic E-state index is 4.78. The third kappa shape index (κ3) is 4.94. The maximum Gasteiger partial charge on any atom is 0.137 e. The van der Waals surface area contributed by atoms with Crippen molar-refractivity contribution in [3.05, 3.63) is 11.4 Å². The van der Waals surface area contributed by atoms with E-state index in [0.717, 1.165) is 41.1 Å². The first-order valence-electron chi connectivity index (χ1n) is 7.16. The molecule has 20 heavy (non-hydrogen) atoms. The SMILES string of the molecule is CCNc1nc(C(C)(C)C)nc(SCCN(C)C)c1C. The van der Waals surface area contributed by atoms with Crippen LogP contribution in [0, 0.1) is 6.92 Å². The highest BCUT2D eigenvalue weighted by Gasteiger charge is 2.21. The Morgan fingerprint density at radius 2 is 1.85 bits per heavy atom. The second kappa shape index (κ2) is 7.27. The van der Waals surface area contributed by atoms with Gasteiger partial charge in [-0.05, 0) is 27.9 Å². The first kappa shape index (κ1) is 17.2. The standard InChI is InChI=1S/C15H28N4S/c1-8-16-12-11(2)13(20-10-9-19(6)7)18-14(17-12)15(3,4)5/h8-10H2,1-7H3,(H,16,17,18). The molecule has 0 aromatic carbocycles. The predicted octanol–water partition coefficient (Wildman–Crippen LogP) is 3.17. The molecule has 1 aromatic rings. The number of nitrogens with one attached hydrogen (secondary N) is 1. The lowest BCUT2D eigenvalue weighted by Crippen LogP contribution is -2.19. The number of hydrogen-bond acceptors (Lipinski definition) is 5. The van der Waals surface area contributed by atoms with Crippen molar-refractivity contribution in [2.75, 3.05) is 38.3 Å². The van der Waals surface area contributed by atoms with E-state index < -0.39 is 0 Å². The summed E-state index contributed by atoms with van der Waals surface area (Å²) in [6.07, 6.45) is 0. The lowest BCUT2D eigenvalue weighted by atomic mass is 9.95. The van der Waals surface area contributed by atoms with Crippen molar-refractivity contribution < 1.29 is 0 Å². The molecule has 0 bridgehead atoms. The molecule has 0 aliphatic heterocycles. The highest BCUT2D eigenvalue weighted by atomic mass is 32.2. The minimum Gasteiger partial charge on any atom is -0.370 e. The molecule has 0 unspecified atom stereocenters. The number of nitrogens with zero attached hydrogens (tertiary/aromatic N) is 3. The van der Waals surface area contributed by atoms with Crippen molar-refractivity contribution in [3.63, 3.8) is 0 Å². The molecule has 0 amide bonds. The van der Waals surface area contributed by atoms with Gasteiger partial charge in [0, 0.05) is 29.8 Å². The summed E-state index contributed by atoms with van der Waals surface area (Å²) in [5, 5.41) is 4.45. The third-order valence-corrected chi connectivity index (χ3v) is 3.95. The Labute approximate surface area is 127 Å². The van der Waals surface area contributed by atoms with Crippen LogP contribution in [0.15, 0.2) is 5.03 Å². The van der Waals surface area contributed by atoms with Crippen LogP contribution in [0.5, 0.6) is 0 Å². The molecule has 5 heteroatoms. The second-order valence-electron chi connectivity index (χ2n) is 6.26. The largest absolute Gasteiger partial charge is 0.370 e. The molecule has 0 aliphatic carbocycles. The number of rotatable bonds is 6. The molecule has 1 heterocycles. The molecular formula is C15H28N4S. The van der Waals surface area contributed by atoms with Gasteiger partial charge in [-0.25, -0.2) is 9.97 Å². The molecule has 0 spiro atoms. The zero-order valence-corrected chi connectivity index (χ0v) is 14.7. The van der Waals surface area contributed by atoms with Gasteiger partial charge in [0.25, 0.3) is 0 Å². The summed E-state index contributed by atoms with van der Waals surface area (Å²) in [6, 6.07) is 0. The molecule has 0 saturated carbocycles. The van der Waals surface area contributed by atoms with E-state index in [1.54, 1.807) is 0 Å². The van der Waals surface area contributed by atoms with Crippen LogP contribution in [0.2, 0.25) is 0 Å². The van der Waals surface area contributed by atoms with Crippen molar-refractivity contribution in [3.8, 4) is 0 Å². The van der Waals surface area contributed by atoms with Crippen LogP contribution in [-0.2, 0) is 5.41 Å². The quantitative estimate of drug-likeness (QED) is 0.645. The van der Waals surface area contributed by atoms with Gasteiger partial charge in [0.2, 0.25) is 0 Å². The Hall–Kier alpha value is -0.810. The molecule has 0 fully saturated rings. The van der Waals surface area contributed by atoms with Gasteiger partial charge in [-0.2, -0.15) is 0 Å². The topological polar surface area (TPSA) is 41.1 Å². The van der Waals surface area contributed by atoms with E-state index in [2.05, 4.69) is 58.9 Å². The lowest BCUT2D eigenvalue weighted by molar-refractivity contribution is 0.437. The van der Waals surface area contributed by atoms with E-state index >= 15 is 0 Å². The fourth-order valence-corrected chi connectivity index (χ4v) is 2.75. The lowest BCUT2D eigenvalue weighted by Gasteiger charge is -2.20. The van der Waals surface area contributed by atoms with E-state index in [0.29, 0.717) is 0 Å². The Bertz CT molecular complexity index is 438. The van der Waals surface area contributed by atoms with Crippen molar-refractivity contribution in [1.82, 2.24) is 14.9 Å². The first-order chi connectivity index (χ1) is 9.25. The molecule has 0 radical (unpaired) electrons. The van der Waals surface area contributed by atoms with Crippen LogP contribution in [0.25, 0.3) is 0 Å². The van der Waals surface area contributed by atoms with Gasteiger partial charge >= 0.3 is 0 Å². The molecule has 0 atom stereocenters. The second-order valence-corrected chi connectivity index (χ2v) is 7.34. The first-order valence-corrected chi connectivity index (χ1v) is 8.14. The summed E-state index contributed by atoms with van der Waals surface area (Å²) in [7, 11) is 4.19. The van der Waals surface area contributed by atoms with Crippen molar-refractivity contribution in [1.29, 1.82) is 0 Å². The Morgan fingerprint density at radius 1 is 1.20 bits per heavy atom. The smallest absolute Gasteiger partial charge is 0.137 e. The van der Waals surface area contributed by atoms with Gasteiger partial charge in [-0.3, -0.25) is 0 Å². The van der Waals surface area contributed by atoms with Crippen molar-refractivity contribution in [2.45, 2.75) is 45.1 Å². The Balaban J connectivity index is 3.04. The van der Waals surface area contributed by atoms with Gasteiger partial charge in [-0.15, -0.1) is 11.8 Å². The van der Waals surface area contributed by atoms with Gasteiger partial charge in [0.05, 0.1) is 0 Å². The summed E-state index contributed by atoms with van der Waals surface area (Å²) < 4.78 is 0. The maximum atomic E-state index is 4.78. The van der Waals surface area contributed by atoms with Gasteiger partial charge < -0.3 is 10.2 Å². The molecule has 114 valence electrons. The van der Waals surface area contributed by atoms with Gasteiger partial charge in [0.15, 0.2) is 0 Å². The zero-order valence-electron chi connectivity index (χ0n) is 13.9. The molecule has 1 rings (SSSR count). The number of aromatic nitrogens is 2. The summed E-state index contributed by atoms with van der Waals surface area (Å²) in [6.45, 7) is 12.6. The van der Waals surface area contributed by atoms with E-state index in [1.165, 1.54) is 0 Å². The Kier molecular flexibility index (Phi) is 6.27. The number of hydrogen-bond donors (Lipinski definition) is 1. The van der Waals surface area contributed by atoms with Crippen LogP contribution in [0.3, 0.4) is 0 Å². The summed E-state index contributed by atoms with van der Waals surface area (Å²) in [4.78, 5) is 11.7. The molecule has 0 saturated heterocycles. The van der Waals surface area contributed by atoms with E-state index in [1.807, 2.05) is 11.8 Å². The number of anilines is 1. The number of thioether (sulfide) groups is 1. The summed E-state index contributed by atoms with van der Waals surface area (Å²) in [5.74, 6) is 2.92. The van der Waals surface area contributed by atoms with Crippen LogP contribution in [0.4, 0.5) is 5.82 Å². The highest BCUT2D eigenvalue weighted by Crippen LogP contribution is 2.29. The van der Waals surface area contributed by atoms with Crippen molar-refractivity contribution in [2.24, 2.45) is 0 Å². The zero-order chi connectivity index (χ0) is 15.3. The van der Waals surface area contributed by atoms with Gasteiger partial charge in [0.1, 0.15) is 16.7 Å². The molecule has 0 aliphatic rings. The minimum absolute atomic E-state index is 0.0330. The van der Waals surface area contributed by atoms with Crippen molar-refractivity contribution >= 4 is 17.6 Å². The normalized spacial score (nSPS) is 12.0. The average molecular weight is 296 g/mol. The van der Waals surface area contributed by atoms with E-state index in [4.69, 9.17) is 9.97 Å². The fraction of sp³-hybridized carbons (Fsp3) is 0.733. The third-order valence-electron chi connectivity index (χ3n) is 2.89. The molecule has 4 nitrogen and oxygen atoms in total. The predicted molar refractivity (Wildman–Crippen MR) is 88.9 cm³/mol. The molecule has 1 N–H and O–H groups in total. The van der Waals surface area contributed by atoms with Crippen LogP contribution >= 0.6 is 11.8 Å². The van der Waals surface area contributed by atoms with Crippen LogP contribution in [-0.4, -0.2) is 47.8 Å². The fourth-order valence-electron chi connectivity index (χ4n) is 1.64. The summed E-state index contributed by atoms with van der Waals surface area (Å²) in [5.41, 5.74) is 1.12. The van der Waals surface area contributed by atoms with E-state index in [-0.39, 0.29) is 5.41 Å². The monoisotopic (exact) mass is 296 g/mol. The summed E-state index contributed by atoms with van der Waals surface area (Å²) >= 11 is 1.81. The average Bonchev–Trinajstić information content (AvgIpc) is 2.32. The Morgan fingerprint density at radius 3 is 2.35 bits per heavy atom. The van der Waals surface area contributed by atoms with Crippen LogP contribution in [0.1, 0.15) is 39.1 Å². The van der Waals surface area contributed by atoms with E-state index in [9.17, 15) is 0 Å². The molecule has 1 aromatic heterocycles. The molecular weight excluding hydrogens is 268 g/mol. The minimum atomic E-state index is -0.0330.